The summed E-state index contributed by atoms with van der Waals surface area (Å²) >= 11 is 0. The minimum atomic E-state index is 0.339. The molecule has 1 heterocycles. The van der Waals surface area contributed by atoms with Gasteiger partial charge in [-0.1, -0.05) is 38.1 Å². The number of nitrogens with two attached hydrogens (primary N) is 1. The molecule has 0 aliphatic carbocycles. The quantitative estimate of drug-likeness (QED) is 0.853. The summed E-state index contributed by atoms with van der Waals surface area (Å²) in [5.74, 6) is 0.856. The maximum atomic E-state index is 5.86. The Labute approximate surface area is 96.5 Å². The van der Waals surface area contributed by atoms with Crippen molar-refractivity contribution in [2.75, 3.05) is 6.54 Å². The molecule has 0 bridgehead atoms. The van der Waals surface area contributed by atoms with Gasteiger partial charge in [0.05, 0.1) is 5.69 Å². The molecule has 0 spiro atoms. The molecule has 1 atom stereocenters. The van der Waals surface area contributed by atoms with Crippen molar-refractivity contribution in [1.29, 1.82) is 0 Å². The second kappa shape index (κ2) is 4.62. The van der Waals surface area contributed by atoms with Gasteiger partial charge in [0, 0.05) is 24.0 Å². The summed E-state index contributed by atoms with van der Waals surface area (Å²) in [7, 11) is 0. The molecule has 0 saturated carbocycles. The van der Waals surface area contributed by atoms with Gasteiger partial charge in [0.15, 0.2) is 0 Å². The minimum Gasteiger partial charge on any atom is -0.330 e. The summed E-state index contributed by atoms with van der Waals surface area (Å²) in [6.45, 7) is 5.04. The van der Waals surface area contributed by atoms with E-state index in [0.717, 1.165) is 5.69 Å². The minimum absolute atomic E-state index is 0.339. The largest absolute Gasteiger partial charge is 0.330 e. The number of hydrogen-bond donors (Lipinski definition) is 1. The molecule has 84 valence electrons. The summed E-state index contributed by atoms with van der Waals surface area (Å²) in [5, 5.41) is 2.47. The van der Waals surface area contributed by atoms with Crippen molar-refractivity contribution in [3.63, 3.8) is 0 Å². The van der Waals surface area contributed by atoms with Gasteiger partial charge >= 0.3 is 0 Å². The second-order valence-electron chi connectivity index (χ2n) is 4.50. The molecule has 0 amide bonds. The highest BCUT2D eigenvalue weighted by Crippen LogP contribution is 2.27. The SMILES string of the molecule is CC(C)C(CN)c1nccc2ccccc12. The van der Waals surface area contributed by atoms with Crippen LogP contribution in [-0.4, -0.2) is 11.5 Å². The highest BCUT2D eigenvalue weighted by Gasteiger charge is 2.17. The Morgan fingerprint density at radius 1 is 1.19 bits per heavy atom. The molecular weight excluding hydrogens is 196 g/mol. The van der Waals surface area contributed by atoms with E-state index in [-0.39, 0.29) is 0 Å². The van der Waals surface area contributed by atoms with Crippen LogP contribution in [-0.2, 0) is 0 Å². The van der Waals surface area contributed by atoms with E-state index in [4.69, 9.17) is 5.73 Å². The normalized spacial score (nSPS) is 13.2. The fourth-order valence-electron chi connectivity index (χ4n) is 2.14. The van der Waals surface area contributed by atoms with Crippen LogP contribution in [0.3, 0.4) is 0 Å². The number of benzene rings is 1. The van der Waals surface area contributed by atoms with Crippen LogP contribution in [0, 0.1) is 5.92 Å². The molecule has 1 aromatic carbocycles. The number of nitrogens with zero attached hydrogens (tertiary/aromatic N) is 1. The number of fused-ring (bicyclic) bond motifs is 1. The van der Waals surface area contributed by atoms with Crippen LogP contribution in [0.25, 0.3) is 10.8 Å². The molecule has 0 radical (unpaired) electrons. The maximum absolute atomic E-state index is 5.86. The van der Waals surface area contributed by atoms with Crippen LogP contribution in [0.2, 0.25) is 0 Å². The van der Waals surface area contributed by atoms with E-state index >= 15 is 0 Å². The third-order valence-electron chi connectivity index (χ3n) is 3.11. The van der Waals surface area contributed by atoms with Crippen molar-refractivity contribution in [1.82, 2.24) is 4.98 Å². The van der Waals surface area contributed by atoms with Gasteiger partial charge in [0.1, 0.15) is 0 Å². The zero-order chi connectivity index (χ0) is 11.5. The Balaban J connectivity index is 2.59. The van der Waals surface area contributed by atoms with E-state index in [1.165, 1.54) is 10.8 Å². The van der Waals surface area contributed by atoms with Gasteiger partial charge in [0.2, 0.25) is 0 Å². The van der Waals surface area contributed by atoms with Crippen LogP contribution in [0.5, 0.6) is 0 Å². The molecule has 2 heteroatoms. The first-order valence-electron chi connectivity index (χ1n) is 5.77. The third kappa shape index (κ3) is 1.93. The second-order valence-corrected chi connectivity index (χ2v) is 4.50. The lowest BCUT2D eigenvalue weighted by atomic mass is 9.89. The number of pyridine rings is 1. The Morgan fingerprint density at radius 3 is 2.62 bits per heavy atom. The number of aromatic nitrogens is 1. The van der Waals surface area contributed by atoms with Crippen molar-refractivity contribution in [2.45, 2.75) is 19.8 Å². The smallest absolute Gasteiger partial charge is 0.0527 e. The maximum Gasteiger partial charge on any atom is 0.0527 e. The molecule has 1 aromatic heterocycles. The van der Waals surface area contributed by atoms with Gasteiger partial charge in [-0.15, -0.1) is 0 Å². The van der Waals surface area contributed by atoms with Crippen molar-refractivity contribution >= 4 is 10.8 Å². The van der Waals surface area contributed by atoms with Crippen LogP contribution >= 0.6 is 0 Å². The van der Waals surface area contributed by atoms with Crippen molar-refractivity contribution in [2.24, 2.45) is 11.7 Å². The lowest BCUT2D eigenvalue weighted by Gasteiger charge is -2.19. The lowest BCUT2D eigenvalue weighted by molar-refractivity contribution is 0.499. The molecule has 1 unspecified atom stereocenters. The standard InChI is InChI=1S/C14H18N2/c1-10(2)13(9-15)14-12-6-4-3-5-11(12)7-8-16-14/h3-8,10,13H,9,15H2,1-2H3. The first kappa shape index (κ1) is 11.1. The van der Waals surface area contributed by atoms with Gasteiger partial charge < -0.3 is 5.73 Å². The fraction of sp³-hybridized carbons (Fsp3) is 0.357. The summed E-state index contributed by atoms with van der Waals surface area (Å²) in [4.78, 5) is 4.52. The predicted octanol–water partition coefficient (Wildman–Crippen LogP) is 2.93. The first-order chi connectivity index (χ1) is 7.74. The molecule has 2 N–H and O–H groups in total. The summed E-state index contributed by atoms with van der Waals surface area (Å²) in [5.41, 5.74) is 6.99. The summed E-state index contributed by atoms with van der Waals surface area (Å²) in [6, 6.07) is 10.4. The molecule has 0 aliphatic heterocycles. The van der Waals surface area contributed by atoms with E-state index in [0.29, 0.717) is 18.4 Å². The van der Waals surface area contributed by atoms with Crippen molar-refractivity contribution in [3.8, 4) is 0 Å². The van der Waals surface area contributed by atoms with Gasteiger partial charge in [-0.2, -0.15) is 0 Å². The highest BCUT2D eigenvalue weighted by molar-refractivity contribution is 5.84. The molecule has 2 rings (SSSR count). The molecular formula is C14H18N2. The van der Waals surface area contributed by atoms with Crippen LogP contribution < -0.4 is 5.73 Å². The predicted molar refractivity (Wildman–Crippen MR) is 68.4 cm³/mol. The van der Waals surface area contributed by atoms with Gasteiger partial charge in [0.25, 0.3) is 0 Å². The molecule has 2 aromatic rings. The number of rotatable bonds is 3. The zero-order valence-electron chi connectivity index (χ0n) is 9.85. The molecule has 2 nitrogen and oxygen atoms in total. The number of hydrogen-bond acceptors (Lipinski definition) is 2. The average Bonchev–Trinajstić information content (AvgIpc) is 2.30. The van der Waals surface area contributed by atoms with Crippen LogP contribution in [0.4, 0.5) is 0 Å². The first-order valence-corrected chi connectivity index (χ1v) is 5.77. The highest BCUT2D eigenvalue weighted by atomic mass is 14.7. The van der Waals surface area contributed by atoms with E-state index in [2.05, 4.69) is 43.1 Å². The van der Waals surface area contributed by atoms with E-state index in [9.17, 15) is 0 Å². The van der Waals surface area contributed by atoms with Crippen LogP contribution in [0.15, 0.2) is 36.5 Å². The Kier molecular flexibility index (Phi) is 3.20. The van der Waals surface area contributed by atoms with Crippen molar-refractivity contribution in [3.05, 3.63) is 42.2 Å². The Morgan fingerprint density at radius 2 is 1.94 bits per heavy atom. The lowest BCUT2D eigenvalue weighted by Crippen LogP contribution is -2.19. The third-order valence-corrected chi connectivity index (χ3v) is 3.11. The Hall–Kier alpha value is -1.41. The van der Waals surface area contributed by atoms with Crippen molar-refractivity contribution < 1.29 is 0 Å². The van der Waals surface area contributed by atoms with Gasteiger partial charge in [-0.25, -0.2) is 0 Å². The monoisotopic (exact) mass is 214 g/mol. The molecule has 0 aliphatic rings. The summed E-state index contributed by atoms with van der Waals surface area (Å²) < 4.78 is 0. The van der Waals surface area contributed by atoms with E-state index in [1.54, 1.807) is 0 Å². The fourth-order valence-corrected chi connectivity index (χ4v) is 2.14. The zero-order valence-corrected chi connectivity index (χ0v) is 9.85. The van der Waals surface area contributed by atoms with E-state index in [1.807, 2.05) is 12.3 Å². The van der Waals surface area contributed by atoms with E-state index < -0.39 is 0 Å². The Bertz CT molecular complexity index is 472. The van der Waals surface area contributed by atoms with Gasteiger partial charge in [-0.3, -0.25) is 4.98 Å². The van der Waals surface area contributed by atoms with Gasteiger partial charge in [-0.05, 0) is 17.4 Å². The molecule has 0 fully saturated rings. The topological polar surface area (TPSA) is 38.9 Å². The average molecular weight is 214 g/mol. The molecule has 0 saturated heterocycles. The molecule has 16 heavy (non-hydrogen) atoms. The van der Waals surface area contributed by atoms with Crippen LogP contribution in [0.1, 0.15) is 25.5 Å². The summed E-state index contributed by atoms with van der Waals surface area (Å²) in [6.07, 6.45) is 1.88.